The predicted octanol–water partition coefficient (Wildman–Crippen LogP) is 5.02. The monoisotopic (exact) mass is 575 g/mol. The molecule has 4 rings (SSSR count). The van der Waals surface area contributed by atoms with Gasteiger partial charge in [0.1, 0.15) is 17.6 Å². The first-order chi connectivity index (χ1) is 18.2. The zero-order valence-electron chi connectivity index (χ0n) is 21.6. The molecule has 2 atom stereocenters. The molecule has 0 spiro atoms. The number of anilines is 1. The maximum absolute atomic E-state index is 14.3. The summed E-state index contributed by atoms with van der Waals surface area (Å²) < 4.78 is 69.0. The van der Waals surface area contributed by atoms with Crippen LogP contribution in [0.1, 0.15) is 78.7 Å². The van der Waals surface area contributed by atoms with Gasteiger partial charge in [-0.05, 0) is 58.4 Å². The van der Waals surface area contributed by atoms with Crippen LogP contribution in [0.4, 0.5) is 27.8 Å². The number of carbonyl (C=O) groups is 2. The second-order valence-electron chi connectivity index (χ2n) is 10.6. The summed E-state index contributed by atoms with van der Waals surface area (Å²) in [6.07, 6.45) is -4.47. The van der Waals surface area contributed by atoms with E-state index < -0.39 is 47.5 Å². The molecule has 2 aliphatic rings. The lowest BCUT2D eigenvalue weighted by molar-refractivity contribution is -0.146. The van der Waals surface area contributed by atoms with Gasteiger partial charge < -0.3 is 20.6 Å². The second-order valence-corrected chi connectivity index (χ2v) is 11.6. The molecule has 3 heterocycles. The Bertz CT molecular complexity index is 1230. The Kier molecular flexibility index (Phi) is 8.18. The number of hydrogen-bond donors (Lipinski definition) is 3. The average Bonchev–Trinajstić information content (AvgIpc) is 3.42. The molecular formula is C25H30F5N5O3S. The number of thiazole rings is 1. The molecule has 1 aliphatic heterocycles. The first-order valence-corrected chi connectivity index (χ1v) is 13.4. The fraction of sp³-hybridized carbons (Fsp3) is 0.600. The van der Waals surface area contributed by atoms with Crippen molar-refractivity contribution in [3.05, 3.63) is 28.5 Å². The van der Waals surface area contributed by atoms with E-state index in [1.807, 2.05) is 6.92 Å². The SMILES string of the molecule is C[C@H]1CCCN1C(=O)c1nc(C(=O)NCC(C)(C)O)sc1-c1cnc(NC(C2CC2)C(F)(F)F)cc1C(F)F. The van der Waals surface area contributed by atoms with Crippen LogP contribution in [0.25, 0.3) is 10.4 Å². The van der Waals surface area contributed by atoms with Crippen molar-refractivity contribution in [1.29, 1.82) is 0 Å². The van der Waals surface area contributed by atoms with E-state index in [9.17, 15) is 36.6 Å². The van der Waals surface area contributed by atoms with Crippen LogP contribution in [0.3, 0.4) is 0 Å². The van der Waals surface area contributed by atoms with Gasteiger partial charge in [0.05, 0.1) is 10.5 Å². The van der Waals surface area contributed by atoms with Gasteiger partial charge in [0.15, 0.2) is 5.01 Å². The highest BCUT2D eigenvalue weighted by molar-refractivity contribution is 7.17. The lowest BCUT2D eigenvalue weighted by Gasteiger charge is -2.23. The number of amides is 2. The zero-order chi connectivity index (χ0) is 28.7. The summed E-state index contributed by atoms with van der Waals surface area (Å²) in [5, 5.41) is 14.5. The van der Waals surface area contributed by atoms with Gasteiger partial charge in [0.2, 0.25) is 0 Å². The predicted molar refractivity (Wildman–Crippen MR) is 135 cm³/mol. The molecule has 1 saturated carbocycles. The number of carbonyl (C=O) groups excluding carboxylic acids is 2. The van der Waals surface area contributed by atoms with Crippen LogP contribution in [-0.2, 0) is 0 Å². The number of halogens is 5. The van der Waals surface area contributed by atoms with Gasteiger partial charge in [0, 0.05) is 36.5 Å². The Labute approximate surface area is 226 Å². The molecule has 8 nitrogen and oxygen atoms in total. The molecular weight excluding hydrogens is 545 g/mol. The Morgan fingerprint density at radius 3 is 2.46 bits per heavy atom. The van der Waals surface area contributed by atoms with Crippen molar-refractivity contribution >= 4 is 29.0 Å². The third kappa shape index (κ3) is 6.83. The number of pyridine rings is 1. The summed E-state index contributed by atoms with van der Waals surface area (Å²) in [6.45, 7) is 5.11. The molecule has 0 aromatic carbocycles. The number of alkyl halides is 5. The van der Waals surface area contributed by atoms with Crippen molar-refractivity contribution in [2.75, 3.05) is 18.4 Å². The first-order valence-electron chi connectivity index (χ1n) is 12.6. The number of likely N-dealkylation sites (tertiary alicyclic amines) is 1. The van der Waals surface area contributed by atoms with Crippen LogP contribution in [0.15, 0.2) is 12.3 Å². The highest BCUT2D eigenvalue weighted by Gasteiger charge is 2.49. The molecule has 214 valence electrons. The number of aromatic nitrogens is 2. The number of nitrogens with zero attached hydrogens (tertiary/aromatic N) is 3. The molecule has 2 aromatic rings. The first kappa shape index (κ1) is 29.1. The molecule has 1 saturated heterocycles. The maximum atomic E-state index is 14.3. The minimum Gasteiger partial charge on any atom is -0.389 e. The van der Waals surface area contributed by atoms with Gasteiger partial charge in [-0.3, -0.25) is 9.59 Å². The molecule has 14 heteroatoms. The summed E-state index contributed by atoms with van der Waals surface area (Å²) in [4.78, 5) is 35.9. The summed E-state index contributed by atoms with van der Waals surface area (Å²) in [7, 11) is 0. The van der Waals surface area contributed by atoms with E-state index in [1.165, 1.54) is 13.8 Å². The van der Waals surface area contributed by atoms with E-state index in [4.69, 9.17) is 0 Å². The standard InChI is InChI=1S/C25H30F5N5O3S/c1-12-5-4-8-35(12)23(37)17-18(39-22(34-17)21(36)32-11-24(2,3)38)15-10-31-16(9-14(15)20(26)27)33-19(13-6-7-13)25(28,29)30/h9-10,12-13,19-20,38H,4-8,11H2,1-3H3,(H,31,33)(H,32,36)/t12-,19?/m0/s1. The van der Waals surface area contributed by atoms with Crippen molar-refractivity contribution in [2.45, 2.75) is 76.7 Å². The lowest BCUT2D eigenvalue weighted by atomic mass is 10.1. The van der Waals surface area contributed by atoms with Crippen LogP contribution >= 0.6 is 11.3 Å². The van der Waals surface area contributed by atoms with Crippen LogP contribution in [0, 0.1) is 5.92 Å². The molecule has 2 fully saturated rings. The molecule has 1 unspecified atom stereocenters. The van der Waals surface area contributed by atoms with E-state index >= 15 is 0 Å². The highest BCUT2D eigenvalue weighted by Crippen LogP contribution is 2.43. The van der Waals surface area contributed by atoms with Gasteiger partial charge in [-0.1, -0.05) is 0 Å². The number of hydrogen-bond acceptors (Lipinski definition) is 7. The lowest BCUT2D eigenvalue weighted by Crippen LogP contribution is -2.38. The van der Waals surface area contributed by atoms with Gasteiger partial charge >= 0.3 is 6.18 Å². The fourth-order valence-corrected chi connectivity index (χ4v) is 5.47. The third-order valence-electron chi connectivity index (χ3n) is 6.68. The van der Waals surface area contributed by atoms with Gasteiger partial charge in [-0.15, -0.1) is 11.3 Å². The van der Waals surface area contributed by atoms with E-state index in [0.717, 1.165) is 25.1 Å². The van der Waals surface area contributed by atoms with Crippen LogP contribution in [0.2, 0.25) is 0 Å². The summed E-state index contributed by atoms with van der Waals surface area (Å²) in [6, 6.07) is -1.19. The highest BCUT2D eigenvalue weighted by atomic mass is 32.1. The van der Waals surface area contributed by atoms with Crippen molar-refractivity contribution in [3.63, 3.8) is 0 Å². The third-order valence-corrected chi connectivity index (χ3v) is 7.77. The minimum atomic E-state index is -4.58. The number of rotatable bonds is 9. The molecule has 39 heavy (non-hydrogen) atoms. The molecule has 2 aromatic heterocycles. The average molecular weight is 576 g/mol. The minimum absolute atomic E-state index is 0.0311. The zero-order valence-corrected chi connectivity index (χ0v) is 22.4. The quantitative estimate of drug-likeness (QED) is 0.363. The van der Waals surface area contributed by atoms with E-state index in [0.29, 0.717) is 30.7 Å². The van der Waals surface area contributed by atoms with Crippen LogP contribution in [0.5, 0.6) is 0 Å². The van der Waals surface area contributed by atoms with Crippen molar-refractivity contribution in [3.8, 4) is 10.4 Å². The Morgan fingerprint density at radius 2 is 1.92 bits per heavy atom. The Balaban J connectivity index is 1.74. The Morgan fingerprint density at radius 1 is 1.23 bits per heavy atom. The van der Waals surface area contributed by atoms with Crippen molar-refractivity contribution < 1.29 is 36.6 Å². The Hall–Kier alpha value is -2.87. The van der Waals surface area contributed by atoms with Gasteiger partial charge in [0.25, 0.3) is 18.2 Å². The van der Waals surface area contributed by atoms with E-state index in [2.05, 4.69) is 20.6 Å². The fourth-order valence-electron chi connectivity index (χ4n) is 4.46. The summed E-state index contributed by atoms with van der Waals surface area (Å²) in [5.41, 5.74) is -2.28. The molecule has 3 N–H and O–H groups in total. The van der Waals surface area contributed by atoms with Crippen LogP contribution in [-0.4, -0.2) is 68.7 Å². The van der Waals surface area contributed by atoms with E-state index in [1.54, 1.807) is 4.90 Å². The number of aliphatic hydroxyl groups is 1. The van der Waals surface area contributed by atoms with E-state index in [-0.39, 0.29) is 39.5 Å². The summed E-state index contributed by atoms with van der Waals surface area (Å²) >= 11 is 0.704. The summed E-state index contributed by atoms with van der Waals surface area (Å²) in [5.74, 6) is -2.27. The smallest absolute Gasteiger partial charge is 0.389 e. The number of nitrogens with one attached hydrogen (secondary N) is 2. The van der Waals surface area contributed by atoms with Gasteiger partial charge in [-0.2, -0.15) is 13.2 Å². The molecule has 1 aliphatic carbocycles. The topological polar surface area (TPSA) is 107 Å². The largest absolute Gasteiger partial charge is 0.408 e. The normalized spacial score (nSPS) is 18.9. The van der Waals surface area contributed by atoms with Crippen molar-refractivity contribution in [2.24, 2.45) is 5.92 Å². The maximum Gasteiger partial charge on any atom is 0.408 e. The van der Waals surface area contributed by atoms with Gasteiger partial charge in [-0.25, -0.2) is 18.7 Å². The van der Waals surface area contributed by atoms with Crippen molar-refractivity contribution in [1.82, 2.24) is 20.2 Å². The molecule has 2 amide bonds. The second kappa shape index (κ2) is 11.0. The van der Waals surface area contributed by atoms with Crippen LogP contribution < -0.4 is 10.6 Å². The molecule has 0 radical (unpaired) electrons. The molecule has 0 bridgehead atoms.